The zero-order chi connectivity index (χ0) is 14.4. The van der Waals surface area contributed by atoms with Crippen LogP contribution in [-0.4, -0.2) is 49.3 Å². The fourth-order valence-electron chi connectivity index (χ4n) is 1.38. The number of thiocarbonyl (C=S) groups is 1. The minimum absolute atomic E-state index is 0.546. The molecule has 0 aliphatic heterocycles. The summed E-state index contributed by atoms with van der Waals surface area (Å²) in [5, 5.41) is 0.704. The number of halogens is 1. The zero-order valence-electron chi connectivity index (χ0n) is 11.6. The smallest absolute Gasteiger partial charge is 0.137 e. The molecule has 0 aromatic heterocycles. The summed E-state index contributed by atoms with van der Waals surface area (Å²) in [6.45, 7) is 0. The molecule has 1 aromatic carbocycles. The van der Waals surface area contributed by atoms with E-state index in [0.717, 1.165) is 11.1 Å². The van der Waals surface area contributed by atoms with E-state index in [-0.39, 0.29) is 0 Å². The average Bonchev–Trinajstić information content (AvgIpc) is 2.34. The average molecular weight is 296 g/mol. The lowest BCUT2D eigenvalue weighted by Gasteiger charge is -2.12. The van der Waals surface area contributed by atoms with Gasteiger partial charge in [-0.3, -0.25) is 0 Å². The molecule has 0 unspecified atom stereocenters. The van der Waals surface area contributed by atoms with Crippen LogP contribution in [0.25, 0.3) is 5.57 Å². The molecular formula is C14H18ClN3S. The quantitative estimate of drug-likeness (QED) is 0.368. The van der Waals surface area contributed by atoms with Crippen LogP contribution in [0.5, 0.6) is 0 Å². The van der Waals surface area contributed by atoms with Crippen LogP contribution in [-0.2, 0) is 0 Å². The number of benzene rings is 1. The van der Waals surface area contributed by atoms with Crippen molar-refractivity contribution in [3.63, 3.8) is 0 Å². The number of hydrogen-bond donors (Lipinski definition) is 0. The second-order valence-corrected chi connectivity index (χ2v) is 5.35. The van der Waals surface area contributed by atoms with E-state index in [1.165, 1.54) is 0 Å². The predicted octanol–water partition coefficient (Wildman–Crippen LogP) is 3.16. The Kier molecular flexibility index (Phi) is 5.99. The normalized spacial score (nSPS) is 11.7. The molecule has 0 spiro atoms. The third-order valence-electron chi connectivity index (χ3n) is 2.18. The van der Waals surface area contributed by atoms with Gasteiger partial charge in [-0.1, -0.05) is 36.0 Å². The molecule has 5 heteroatoms. The molecule has 0 N–H and O–H groups in total. The maximum Gasteiger partial charge on any atom is 0.137 e. The van der Waals surface area contributed by atoms with Crippen LogP contribution in [0.1, 0.15) is 5.56 Å². The molecule has 1 aromatic rings. The van der Waals surface area contributed by atoms with Gasteiger partial charge in [0.15, 0.2) is 0 Å². The van der Waals surface area contributed by atoms with Gasteiger partial charge in [0.1, 0.15) is 4.99 Å². The van der Waals surface area contributed by atoms with Gasteiger partial charge in [0.2, 0.25) is 0 Å². The molecule has 0 atom stereocenters. The van der Waals surface area contributed by atoms with Gasteiger partial charge in [-0.05, 0) is 17.7 Å². The van der Waals surface area contributed by atoms with Crippen molar-refractivity contribution in [1.29, 1.82) is 0 Å². The van der Waals surface area contributed by atoms with Crippen molar-refractivity contribution in [1.82, 2.24) is 9.80 Å². The first-order valence-corrected chi connectivity index (χ1v) is 6.58. The largest absolute Gasteiger partial charge is 0.383 e. The van der Waals surface area contributed by atoms with Gasteiger partial charge in [-0.15, -0.1) is 0 Å². The Morgan fingerprint density at radius 3 is 2.16 bits per heavy atom. The zero-order valence-corrected chi connectivity index (χ0v) is 13.2. The van der Waals surface area contributed by atoms with Crippen molar-refractivity contribution in [3.8, 4) is 0 Å². The summed E-state index contributed by atoms with van der Waals surface area (Å²) in [5.41, 5.74) is 1.90. The van der Waals surface area contributed by atoms with E-state index in [2.05, 4.69) is 4.99 Å². The van der Waals surface area contributed by atoms with E-state index in [1.54, 1.807) is 6.34 Å². The van der Waals surface area contributed by atoms with Crippen LogP contribution >= 0.6 is 23.8 Å². The molecule has 3 nitrogen and oxygen atoms in total. The number of nitrogens with zero attached hydrogens (tertiary/aromatic N) is 3. The van der Waals surface area contributed by atoms with Crippen molar-refractivity contribution >= 4 is 40.7 Å². The van der Waals surface area contributed by atoms with Gasteiger partial charge in [-0.2, -0.15) is 0 Å². The van der Waals surface area contributed by atoms with E-state index >= 15 is 0 Å². The van der Waals surface area contributed by atoms with Crippen LogP contribution in [0.2, 0.25) is 5.02 Å². The van der Waals surface area contributed by atoms with E-state index in [1.807, 2.05) is 68.5 Å². The fourth-order valence-corrected chi connectivity index (χ4v) is 1.72. The SMILES string of the molecule is CN(C)C=NC(=S)/C(=C/N(C)C)c1ccc(Cl)cc1. The van der Waals surface area contributed by atoms with Crippen molar-refractivity contribution in [2.24, 2.45) is 4.99 Å². The summed E-state index contributed by atoms with van der Waals surface area (Å²) in [4.78, 5) is 8.62. The van der Waals surface area contributed by atoms with Crippen LogP contribution in [0, 0.1) is 0 Å². The summed E-state index contributed by atoms with van der Waals surface area (Å²) < 4.78 is 0. The monoisotopic (exact) mass is 295 g/mol. The molecule has 0 aliphatic rings. The van der Waals surface area contributed by atoms with E-state index in [9.17, 15) is 0 Å². The van der Waals surface area contributed by atoms with Crippen LogP contribution in [0.4, 0.5) is 0 Å². The first kappa shape index (κ1) is 15.7. The maximum absolute atomic E-state index is 5.91. The number of rotatable bonds is 4. The Bertz CT molecular complexity index is 490. The number of aliphatic imine (C=N–C) groups is 1. The molecule has 1 rings (SSSR count). The molecule has 0 saturated heterocycles. The van der Waals surface area contributed by atoms with Crippen LogP contribution < -0.4 is 0 Å². The highest BCUT2D eigenvalue weighted by atomic mass is 35.5. The van der Waals surface area contributed by atoms with Crippen molar-refractivity contribution < 1.29 is 0 Å². The second-order valence-electron chi connectivity index (χ2n) is 4.53. The highest BCUT2D eigenvalue weighted by Gasteiger charge is 2.07. The highest BCUT2D eigenvalue weighted by Crippen LogP contribution is 2.20. The second kappa shape index (κ2) is 7.26. The molecule has 0 radical (unpaired) electrons. The summed E-state index contributed by atoms with van der Waals surface area (Å²) in [5.74, 6) is 0. The number of hydrogen-bond acceptors (Lipinski definition) is 2. The van der Waals surface area contributed by atoms with E-state index in [4.69, 9.17) is 23.8 Å². The van der Waals surface area contributed by atoms with E-state index < -0.39 is 0 Å². The Balaban J connectivity index is 3.09. The lowest BCUT2D eigenvalue weighted by Crippen LogP contribution is -2.11. The van der Waals surface area contributed by atoms with Gasteiger partial charge < -0.3 is 9.80 Å². The Morgan fingerprint density at radius 2 is 1.68 bits per heavy atom. The Labute approximate surface area is 125 Å². The molecule has 0 heterocycles. The summed E-state index contributed by atoms with van der Waals surface area (Å²) in [6, 6.07) is 7.57. The molecule has 0 amide bonds. The van der Waals surface area contributed by atoms with E-state index in [0.29, 0.717) is 10.0 Å². The lowest BCUT2D eigenvalue weighted by atomic mass is 10.1. The first-order valence-electron chi connectivity index (χ1n) is 5.79. The van der Waals surface area contributed by atoms with Gasteiger partial charge in [0.25, 0.3) is 0 Å². The summed E-state index contributed by atoms with van der Waals surface area (Å²) >= 11 is 11.3. The van der Waals surface area contributed by atoms with Gasteiger partial charge in [0, 0.05) is 45.0 Å². The summed E-state index contributed by atoms with van der Waals surface area (Å²) in [7, 11) is 7.72. The molecule has 19 heavy (non-hydrogen) atoms. The molecule has 0 aliphatic carbocycles. The van der Waals surface area contributed by atoms with Crippen molar-refractivity contribution in [3.05, 3.63) is 41.1 Å². The van der Waals surface area contributed by atoms with Gasteiger partial charge in [-0.25, -0.2) is 4.99 Å². The standard InChI is InChI=1S/C14H18ClN3S/c1-17(2)9-13(14(19)16-10-18(3)4)11-5-7-12(15)8-6-11/h5-10H,1-4H3/b13-9+,16-10?. The Morgan fingerprint density at radius 1 is 1.11 bits per heavy atom. The van der Waals surface area contributed by atoms with Gasteiger partial charge in [0.05, 0.1) is 6.34 Å². The molecule has 0 bridgehead atoms. The van der Waals surface area contributed by atoms with Gasteiger partial charge >= 0.3 is 0 Å². The maximum atomic E-state index is 5.91. The third kappa shape index (κ3) is 5.41. The lowest BCUT2D eigenvalue weighted by molar-refractivity contribution is 0.566. The third-order valence-corrected chi connectivity index (χ3v) is 2.76. The molecular weight excluding hydrogens is 278 g/mol. The van der Waals surface area contributed by atoms with Crippen molar-refractivity contribution in [2.45, 2.75) is 0 Å². The minimum atomic E-state index is 0.546. The molecule has 0 saturated carbocycles. The fraction of sp³-hybridized carbons (Fsp3) is 0.286. The topological polar surface area (TPSA) is 18.8 Å². The van der Waals surface area contributed by atoms with Crippen LogP contribution in [0.3, 0.4) is 0 Å². The summed E-state index contributed by atoms with van der Waals surface area (Å²) in [6.07, 6.45) is 3.65. The Hall–Kier alpha value is -1.39. The minimum Gasteiger partial charge on any atom is -0.383 e. The first-order chi connectivity index (χ1) is 8.90. The van der Waals surface area contributed by atoms with Crippen LogP contribution in [0.15, 0.2) is 35.5 Å². The molecule has 102 valence electrons. The van der Waals surface area contributed by atoms with Crippen molar-refractivity contribution in [2.75, 3.05) is 28.2 Å². The highest BCUT2D eigenvalue weighted by molar-refractivity contribution is 7.81. The molecule has 0 fully saturated rings. The predicted molar refractivity (Wildman–Crippen MR) is 87.9 cm³/mol.